The van der Waals surface area contributed by atoms with E-state index in [1.54, 1.807) is 42.1 Å². The molecule has 8 nitrogen and oxygen atoms in total. The summed E-state index contributed by atoms with van der Waals surface area (Å²) in [5.41, 5.74) is 0.868. The maximum absolute atomic E-state index is 12.8. The van der Waals surface area contributed by atoms with Gasteiger partial charge in [-0.3, -0.25) is 4.72 Å². The van der Waals surface area contributed by atoms with Crippen molar-refractivity contribution in [2.45, 2.75) is 23.3 Å². The minimum atomic E-state index is -3.83. The summed E-state index contributed by atoms with van der Waals surface area (Å²) in [5, 5.41) is 2.04. The molecule has 12 heteroatoms. The van der Waals surface area contributed by atoms with E-state index in [0.29, 0.717) is 27.6 Å². The highest BCUT2D eigenvalue weighted by molar-refractivity contribution is 7.92. The third-order valence-corrected chi connectivity index (χ3v) is 8.34. The van der Waals surface area contributed by atoms with Gasteiger partial charge in [-0.1, -0.05) is 17.7 Å². The minimum absolute atomic E-state index is 0.0662. The number of aromatic nitrogens is 2. The predicted molar refractivity (Wildman–Crippen MR) is 113 cm³/mol. The van der Waals surface area contributed by atoms with Gasteiger partial charge in [0.1, 0.15) is 0 Å². The maximum atomic E-state index is 12.8. The summed E-state index contributed by atoms with van der Waals surface area (Å²) in [6, 6.07) is 6.33. The van der Waals surface area contributed by atoms with Crippen LogP contribution in [0.5, 0.6) is 0 Å². The van der Waals surface area contributed by atoms with E-state index in [1.165, 1.54) is 29.9 Å². The topological polar surface area (TPSA) is 110 Å². The Balaban J connectivity index is 1.70. The molecular formula is C17H19ClN4O4S3. The number of thiophene rings is 1. The van der Waals surface area contributed by atoms with Crippen molar-refractivity contribution in [3.8, 4) is 0 Å². The van der Waals surface area contributed by atoms with Crippen molar-refractivity contribution in [1.82, 2.24) is 14.3 Å². The number of imidazole rings is 1. The van der Waals surface area contributed by atoms with E-state index < -0.39 is 20.0 Å². The van der Waals surface area contributed by atoms with E-state index in [9.17, 15) is 16.8 Å². The molecule has 0 unspecified atom stereocenters. The van der Waals surface area contributed by atoms with Crippen LogP contribution in [0.25, 0.3) is 0 Å². The molecule has 0 bridgehead atoms. The molecule has 0 aliphatic rings. The smallest absolute Gasteiger partial charge is 0.262 e. The van der Waals surface area contributed by atoms with Gasteiger partial charge in [0.25, 0.3) is 20.0 Å². The zero-order valence-electron chi connectivity index (χ0n) is 15.6. The molecule has 156 valence electrons. The molecule has 0 aliphatic heterocycles. The predicted octanol–water partition coefficient (Wildman–Crippen LogP) is 2.77. The van der Waals surface area contributed by atoms with Crippen molar-refractivity contribution < 1.29 is 16.8 Å². The summed E-state index contributed by atoms with van der Waals surface area (Å²) in [5.74, 6) is 0. The lowest BCUT2D eigenvalue weighted by Gasteiger charge is -2.12. The Kier molecular flexibility index (Phi) is 6.34. The molecule has 1 aromatic carbocycles. The van der Waals surface area contributed by atoms with Crippen molar-refractivity contribution in [3.63, 3.8) is 0 Å². The number of nitrogens with zero attached hydrogens (tertiary/aromatic N) is 2. The Hall–Kier alpha value is -1.92. The van der Waals surface area contributed by atoms with Gasteiger partial charge in [-0.25, -0.2) is 26.5 Å². The largest absolute Gasteiger partial charge is 0.339 e. The van der Waals surface area contributed by atoms with Crippen LogP contribution in [0.4, 0.5) is 5.69 Å². The van der Waals surface area contributed by atoms with Gasteiger partial charge >= 0.3 is 0 Å². The van der Waals surface area contributed by atoms with E-state index in [-0.39, 0.29) is 16.5 Å². The average Bonchev–Trinajstić information content (AvgIpc) is 3.26. The summed E-state index contributed by atoms with van der Waals surface area (Å²) in [7, 11) is -5.88. The number of benzene rings is 1. The second-order valence-electron chi connectivity index (χ2n) is 6.25. The molecule has 0 spiro atoms. The van der Waals surface area contributed by atoms with E-state index in [1.807, 2.05) is 0 Å². The number of hydrogen-bond acceptors (Lipinski definition) is 6. The molecule has 0 amide bonds. The number of sulfonamides is 2. The highest BCUT2D eigenvalue weighted by Gasteiger charge is 2.21. The van der Waals surface area contributed by atoms with Crippen molar-refractivity contribution >= 4 is 48.7 Å². The Morgan fingerprint density at radius 3 is 2.62 bits per heavy atom. The number of aryl methyl sites for hydroxylation is 1. The molecule has 3 rings (SSSR count). The quantitative estimate of drug-likeness (QED) is 0.521. The average molecular weight is 475 g/mol. The maximum Gasteiger partial charge on any atom is 0.262 e. The van der Waals surface area contributed by atoms with Crippen LogP contribution in [-0.4, -0.2) is 32.9 Å². The number of halogens is 1. The molecule has 0 aliphatic carbocycles. The zero-order chi connectivity index (χ0) is 21.2. The van der Waals surface area contributed by atoms with Crippen LogP contribution >= 0.6 is 22.9 Å². The number of hydrogen-bond donors (Lipinski definition) is 2. The third-order valence-electron chi connectivity index (χ3n) is 4.10. The van der Waals surface area contributed by atoms with Gasteiger partial charge in [-0.15, -0.1) is 11.3 Å². The molecule has 2 heterocycles. The fourth-order valence-corrected chi connectivity index (χ4v) is 6.10. The van der Waals surface area contributed by atoms with Gasteiger partial charge < -0.3 is 4.57 Å². The minimum Gasteiger partial charge on any atom is -0.339 e. The third kappa shape index (κ3) is 4.98. The molecule has 0 fully saturated rings. The van der Waals surface area contributed by atoms with E-state index in [0.717, 1.165) is 0 Å². The molecular weight excluding hydrogens is 456 g/mol. The van der Waals surface area contributed by atoms with Gasteiger partial charge in [-0.2, -0.15) is 0 Å². The van der Waals surface area contributed by atoms with Crippen molar-refractivity contribution in [1.29, 1.82) is 0 Å². The lowest BCUT2D eigenvalue weighted by atomic mass is 10.2. The number of nitrogens with one attached hydrogen (secondary N) is 2. The highest BCUT2D eigenvalue weighted by atomic mass is 35.5. The molecule has 0 saturated heterocycles. The zero-order valence-corrected chi connectivity index (χ0v) is 18.8. The lowest BCUT2D eigenvalue weighted by Crippen LogP contribution is -2.26. The number of rotatable bonds is 8. The van der Waals surface area contributed by atoms with E-state index >= 15 is 0 Å². The fraction of sp³-hybridized carbons (Fsp3) is 0.235. The molecule has 0 saturated carbocycles. The second-order valence-corrected chi connectivity index (χ2v) is 11.0. The lowest BCUT2D eigenvalue weighted by molar-refractivity contribution is 0.578. The first kappa shape index (κ1) is 21.8. The van der Waals surface area contributed by atoms with Crippen LogP contribution in [0, 0.1) is 6.92 Å². The first-order valence-corrected chi connectivity index (χ1v) is 12.6. The summed E-state index contributed by atoms with van der Waals surface area (Å²) in [6.45, 7) is 1.74. The Bertz CT molecular complexity index is 1230. The van der Waals surface area contributed by atoms with E-state index in [4.69, 9.17) is 11.6 Å². The van der Waals surface area contributed by atoms with Crippen molar-refractivity contribution in [2.75, 3.05) is 11.3 Å². The van der Waals surface area contributed by atoms with Gasteiger partial charge in [-0.05, 0) is 42.5 Å². The molecule has 2 aromatic heterocycles. The summed E-state index contributed by atoms with van der Waals surface area (Å²) in [6.07, 6.45) is 3.12. The molecule has 3 aromatic rings. The normalized spacial score (nSPS) is 12.2. The van der Waals surface area contributed by atoms with Gasteiger partial charge in [0.2, 0.25) is 0 Å². The van der Waals surface area contributed by atoms with Crippen molar-refractivity contribution in [3.05, 3.63) is 57.6 Å². The second kappa shape index (κ2) is 8.44. The molecule has 2 N–H and O–H groups in total. The van der Waals surface area contributed by atoms with Gasteiger partial charge in [0.15, 0.2) is 5.03 Å². The molecule has 0 radical (unpaired) electrons. The van der Waals surface area contributed by atoms with Crippen LogP contribution < -0.4 is 9.44 Å². The summed E-state index contributed by atoms with van der Waals surface area (Å²) in [4.78, 5) is 4.63. The first-order chi connectivity index (χ1) is 13.6. The van der Waals surface area contributed by atoms with Crippen molar-refractivity contribution in [2.24, 2.45) is 7.05 Å². The standard InChI is InChI=1S/C17H19ClN4O4S3/c1-12-13(18)4-3-5-16(12)28(23,24)21-14-7-9-27-15(14)6-8-20-29(25,26)17-10-22(2)11-19-17/h3-5,7,9-11,20-21H,6,8H2,1-2H3. The van der Waals surface area contributed by atoms with Crippen LogP contribution in [0.1, 0.15) is 10.4 Å². The highest BCUT2D eigenvalue weighted by Crippen LogP contribution is 2.28. The summed E-state index contributed by atoms with van der Waals surface area (Å²) >= 11 is 7.37. The van der Waals surface area contributed by atoms with Crippen LogP contribution in [0.3, 0.4) is 0 Å². The van der Waals surface area contributed by atoms with Crippen LogP contribution in [-0.2, 0) is 33.5 Å². The first-order valence-electron chi connectivity index (χ1n) is 8.42. The van der Waals surface area contributed by atoms with E-state index in [2.05, 4.69) is 14.4 Å². The molecule has 0 atom stereocenters. The van der Waals surface area contributed by atoms with Crippen LogP contribution in [0.2, 0.25) is 5.02 Å². The fourth-order valence-electron chi connectivity index (χ4n) is 2.60. The summed E-state index contributed by atoms with van der Waals surface area (Å²) < 4.78 is 56.6. The Morgan fingerprint density at radius 2 is 1.93 bits per heavy atom. The van der Waals surface area contributed by atoms with Crippen LogP contribution in [0.15, 0.2) is 52.1 Å². The van der Waals surface area contributed by atoms with Gasteiger partial charge in [0, 0.05) is 29.7 Å². The monoisotopic (exact) mass is 474 g/mol. The SMILES string of the molecule is Cc1c(Cl)cccc1S(=O)(=O)Nc1ccsc1CCNS(=O)(=O)c1cn(C)cn1. The Morgan fingerprint density at radius 1 is 1.17 bits per heavy atom. The number of anilines is 1. The molecule has 29 heavy (non-hydrogen) atoms. The van der Waals surface area contributed by atoms with Gasteiger partial charge in [0.05, 0.1) is 16.9 Å². The Labute approximate surface area is 178 Å².